The van der Waals surface area contributed by atoms with Crippen molar-refractivity contribution in [2.75, 3.05) is 5.73 Å². The normalized spacial score (nSPS) is 20.6. The van der Waals surface area contributed by atoms with Crippen molar-refractivity contribution < 1.29 is 0 Å². The van der Waals surface area contributed by atoms with Crippen LogP contribution in [-0.4, -0.2) is 9.97 Å². The van der Waals surface area contributed by atoms with Crippen LogP contribution in [0.5, 0.6) is 0 Å². The third-order valence-electron chi connectivity index (χ3n) is 2.10. The Morgan fingerprint density at radius 2 is 2.33 bits per heavy atom. The lowest BCUT2D eigenvalue weighted by molar-refractivity contribution is 0.697. The summed E-state index contributed by atoms with van der Waals surface area (Å²) >= 11 is 0. The lowest BCUT2D eigenvalue weighted by Gasteiger charge is -2.14. The molecule has 3 nitrogen and oxygen atoms in total. The first-order valence-electron chi connectivity index (χ1n) is 4.05. The zero-order valence-electron chi connectivity index (χ0n) is 6.99. The van der Waals surface area contributed by atoms with Crippen LogP contribution in [0.3, 0.4) is 0 Å². The van der Waals surface area contributed by atoms with E-state index in [1.54, 1.807) is 0 Å². The standard InChI is InChI=1S/C9H11N3/c1-6-2-3-7-8(4-6)11-5-12-9(7)10/h2-3,5-6H,4H2,1H3,(H2,10,11,12). The van der Waals surface area contributed by atoms with Gasteiger partial charge in [0, 0.05) is 5.56 Å². The summed E-state index contributed by atoms with van der Waals surface area (Å²) in [5.74, 6) is 1.15. The smallest absolute Gasteiger partial charge is 0.134 e. The van der Waals surface area contributed by atoms with E-state index < -0.39 is 0 Å². The van der Waals surface area contributed by atoms with Crippen molar-refractivity contribution in [3.8, 4) is 0 Å². The summed E-state index contributed by atoms with van der Waals surface area (Å²) in [4.78, 5) is 8.12. The molecule has 3 heteroatoms. The summed E-state index contributed by atoms with van der Waals surface area (Å²) in [7, 11) is 0. The molecule has 0 saturated carbocycles. The topological polar surface area (TPSA) is 51.8 Å². The lowest BCUT2D eigenvalue weighted by atomic mass is 9.95. The Kier molecular flexibility index (Phi) is 1.57. The highest BCUT2D eigenvalue weighted by Gasteiger charge is 2.13. The summed E-state index contributed by atoms with van der Waals surface area (Å²) in [6, 6.07) is 0. The second-order valence-corrected chi connectivity index (χ2v) is 3.16. The van der Waals surface area contributed by atoms with Crippen molar-refractivity contribution in [1.82, 2.24) is 9.97 Å². The van der Waals surface area contributed by atoms with Crippen LogP contribution in [0.2, 0.25) is 0 Å². The molecule has 62 valence electrons. The van der Waals surface area contributed by atoms with Crippen molar-refractivity contribution in [2.45, 2.75) is 13.3 Å². The fourth-order valence-corrected chi connectivity index (χ4v) is 1.43. The molecule has 0 spiro atoms. The van der Waals surface area contributed by atoms with Crippen LogP contribution in [0.4, 0.5) is 5.82 Å². The van der Waals surface area contributed by atoms with Gasteiger partial charge in [0.15, 0.2) is 0 Å². The molecule has 1 aromatic rings. The van der Waals surface area contributed by atoms with Gasteiger partial charge in [-0.1, -0.05) is 19.1 Å². The van der Waals surface area contributed by atoms with E-state index in [0.717, 1.165) is 17.7 Å². The zero-order chi connectivity index (χ0) is 8.55. The van der Waals surface area contributed by atoms with Gasteiger partial charge in [-0.3, -0.25) is 0 Å². The Labute approximate surface area is 71.3 Å². The van der Waals surface area contributed by atoms with E-state index in [2.05, 4.69) is 23.0 Å². The Hall–Kier alpha value is -1.38. The SMILES string of the molecule is CC1C=Cc2c(N)ncnc2C1. The van der Waals surface area contributed by atoms with Crippen molar-refractivity contribution in [2.24, 2.45) is 5.92 Å². The minimum Gasteiger partial charge on any atom is -0.383 e. The highest BCUT2D eigenvalue weighted by Crippen LogP contribution is 2.23. The van der Waals surface area contributed by atoms with Crippen LogP contribution in [0.1, 0.15) is 18.2 Å². The number of nitrogen functional groups attached to an aromatic ring is 1. The molecule has 0 saturated heterocycles. The third kappa shape index (κ3) is 1.07. The van der Waals surface area contributed by atoms with Crippen LogP contribution in [0.25, 0.3) is 6.08 Å². The number of hydrogen-bond donors (Lipinski definition) is 1. The second-order valence-electron chi connectivity index (χ2n) is 3.16. The highest BCUT2D eigenvalue weighted by atomic mass is 14.9. The van der Waals surface area contributed by atoms with Crippen LogP contribution in [0, 0.1) is 5.92 Å². The summed E-state index contributed by atoms with van der Waals surface area (Å²) in [5.41, 5.74) is 7.75. The monoisotopic (exact) mass is 161 g/mol. The molecule has 2 N–H and O–H groups in total. The van der Waals surface area contributed by atoms with Crippen LogP contribution >= 0.6 is 0 Å². The quantitative estimate of drug-likeness (QED) is 0.623. The average molecular weight is 161 g/mol. The minimum atomic E-state index is 0.562. The average Bonchev–Trinajstić information content (AvgIpc) is 2.04. The number of fused-ring (bicyclic) bond motifs is 1. The number of nitrogens with two attached hydrogens (primary N) is 1. The first-order valence-corrected chi connectivity index (χ1v) is 4.05. The van der Waals surface area contributed by atoms with Crippen molar-refractivity contribution in [1.29, 1.82) is 0 Å². The van der Waals surface area contributed by atoms with Crippen LogP contribution < -0.4 is 5.73 Å². The van der Waals surface area contributed by atoms with E-state index in [-0.39, 0.29) is 0 Å². The number of nitrogens with zero attached hydrogens (tertiary/aromatic N) is 2. The first-order chi connectivity index (χ1) is 5.77. The number of rotatable bonds is 0. The van der Waals surface area contributed by atoms with Gasteiger partial charge in [-0.25, -0.2) is 9.97 Å². The molecule has 12 heavy (non-hydrogen) atoms. The van der Waals surface area contributed by atoms with E-state index >= 15 is 0 Å². The number of anilines is 1. The molecule has 1 unspecified atom stereocenters. The van der Waals surface area contributed by atoms with E-state index in [0.29, 0.717) is 11.7 Å². The summed E-state index contributed by atoms with van der Waals surface area (Å²) < 4.78 is 0. The number of hydrogen-bond acceptors (Lipinski definition) is 3. The number of allylic oxidation sites excluding steroid dienone is 1. The van der Waals surface area contributed by atoms with Gasteiger partial charge in [-0.05, 0) is 12.3 Å². The highest BCUT2D eigenvalue weighted by molar-refractivity contribution is 5.64. The van der Waals surface area contributed by atoms with Crippen molar-refractivity contribution in [3.05, 3.63) is 23.7 Å². The fraction of sp³-hybridized carbons (Fsp3) is 0.333. The molecule has 0 amide bonds. The van der Waals surface area contributed by atoms with E-state index in [1.165, 1.54) is 6.33 Å². The van der Waals surface area contributed by atoms with Gasteiger partial charge < -0.3 is 5.73 Å². The maximum atomic E-state index is 5.68. The van der Waals surface area contributed by atoms with E-state index in [4.69, 9.17) is 5.73 Å². The molecule has 0 radical (unpaired) electrons. The summed E-state index contributed by atoms with van der Waals surface area (Å²) in [6.45, 7) is 2.16. The Morgan fingerprint density at radius 3 is 3.17 bits per heavy atom. The van der Waals surface area contributed by atoms with Gasteiger partial charge >= 0.3 is 0 Å². The predicted octanol–water partition coefficient (Wildman–Crippen LogP) is 1.26. The molecule has 1 heterocycles. The fourth-order valence-electron chi connectivity index (χ4n) is 1.43. The molecular formula is C9H11N3. The molecule has 0 fully saturated rings. The Balaban J connectivity index is 2.53. The largest absolute Gasteiger partial charge is 0.383 e. The maximum Gasteiger partial charge on any atom is 0.134 e. The van der Waals surface area contributed by atoms with Gasteiger partial charge in [0.05, 0.1) is 5.69 Å². The molecule has 1 aliphatic carbocycles. The first kappa shape index (κ1) is 7.28. The lowest BCUT2D eigenvalue weighted by Crippen LogP contribution is -2.09. The summed E-state index contributed by atoms with van der Waals surface area (Å²) in [6.07, 6.45) is 6.65. The second kappa shape index (κ2) is 2.59. The van der Waals surface area contributed by atoms with Gasteiger partial charge in [-0.2, -0.15) is 0 Å². The van der Waals surface area contributed by atoms with Gasteiger partial charge in [-0.15, -0.1) is 0 Å². The van der Waals surface area contributed by atoms with Crippen LogP contribution in [0.15, 0.2) is 12.4 Å². The minimum absolute atomic E-state index is 0.562. The molecule has 1 aromatic heterocycles. The molecule has 1 aliphatic rings. The van der Waals surface area contributed by atoms with E-state index in [9.17, 15) is 0 Å². The molecule has 0 bridgehead atoms. The molecule has 1 atom stereocenters. The molecule has 0 aliphatic heterocycles. The maximum absolute atomic E-state index is 5.68. The summed E-state index contributed by atoms with van der Waals surface area (Å²) in [5, 5.41) is 0. The van der Waals surface area contributed by atoms with Crippen molar-refractivity contribution in [3.63, 3.8) is 0 Å². The number of aromatic nitrogens is 2. The Bertz CT molecular complexity index is 331. The van der Waals surface area contributed by atoms with Gasteiger partial charge in [0.25, 0.3) is 0 Å². The Morgan fingerprint density at radius 1 is 1.50 bits per heavy atom. The van der Waals surface area contributed by atoms with Crippen molar-refractivity contribution >= 4 is 11.9 Å². The molecular weight excluding hydrogens is 150 g/mol. The third-order valence-corrected chi connectivity index (χ3v) is 2.10. The van der Waals surface area contributed by atoms with Gasteiger partial charge in [0.1, 0.15) is 12.1 Å². The van der Waals surface area contributed by atoms with Gasteiger partial charge in [0.2, 0.25) is 0 Å². The van der Waals surface area contributed by atoms with Crippen LogP contribution in [-0.2, 0) is 6.42 Å². The predicted molar refractivity (Wildman–Crippen MR) is 48.3 cm³/mol. The molecule has 0 aromatic carbocycles. The molecule has 2 rings (SSSR count). The zero-order valence-corrected chi connectivity index (χ0v) is 6.99. The van der Waals surface area contributed by atoms with E-state index in [1.807, 2.05) is 6.08 Å².